The molecule has 0 atom stereocenters. The van der Waals surface area contributed by atoms with E-state index >= 15 is 0 Å². The third-order valence-electron chi connectivity index (χ3n) is 0.421. The Bertz CT molecular complexity index is 30.5. The van der Waals surface area contributed by atoms with Crippen molar-refractivity contribution in [2.24, 2.45) is 0 Å². The fourth-order valence-corrected chi connectivity index (χ4v) is 0.0577. The Hall–Kier alpha value is 0.230. The van der Waals surface area contributed by atoms with Crippen LogP contribution in [-0.2, 0) is 0 Å². The molecule has 4 heteroatoms. The Morgan fingerprint density at radius 2 is 1.50 bits per heavy atom. The molecule has 0 bridgehead atoms. The molecule has 0 heterocycles. The molecule has 0 unspecified atom stereocenters. The molecule has 0 aliphatic heterocycles. The Labute approximate surface area is 54.4 Å². The summed E-state index contributed by atoms with van der Waals surface area (Å²) < 4.78 is 0. The summed E-state index contributed by atoms with van der Waals surface area (Å²) in [6.45, 7) is -0.729. The van der Waals surface area contributed by atoms with E-state index in [4.69, 9.17) is 15.3 Å². The van der Waals surface area contributed by atoms with Crippen LogP contribution in [0.15, 0.2) is 0 Å². The highest BCUT2D eigenvalue weighted by Gasteiger charge is 1.93. The van der Waals surface area contributed by atoms with Gasteiger partial charge in [0.2, 0.25) is 0 Å². The average Bonchev–Trinajstić information content (AvgIpc) is 1.91. The van der Waals surface area contributed by atoms with Gasteiger partial charge >= 0.3 is 0 Å². The third-order valence-corrected chi connectivity index (χ3v) is 0.421. The third kappa shape index (κ3) is 9.52. The molecule has 0 aliphatic carbocycles. The highest BCUT2D eigenvalue weighted by Crippen LogP contribution is 1.71. The maximum atomic E-state index is 8.17. The van der Waals surface area contributed by atoms with Gasteiger partial charge in [-0.2, -0.15) is 12.6 Å². The molecule has 0 spiro atoms. The zero-order valence-electron chi connectivity index (χ0n) is 4.78. The van der Waals surface area contributed by atoms with Crippen LogP contribution in [0.4, 0.5) is 0 Å². The summed E-state index contributed by atoms with van der Waals surface area (Å²) in [6, 6.07) is 0. The van der Waals surface area contributed by atoms with Crippen molar-refractivity contribution in [3.8, 4) is 0 Å². The van der Waals surface area contributed by atoms with Crippen molar-refractivity contribution in [2.45, 2.75) is 6.10 Å². The van der Waals surface area contributed by atoms with Crippen LogP contribution in [0.5, 0.6) is 0 Å². The molecule has 0 radical (unpaired) electrons. The van der Waals surface area contributed by atoms with Gasteiger partial charge in [0.15, 0.2) is 0 Å². The van der Waals surface area contributed by atoms with Crippen LogP contribution >= 0.6 is 12.6 Å². The molecule has 0 aliphatic rings. The fraction of sp³-hybridized carbons (Fsp3) is 1.00. The SMILES string of the molecule is CS.OCC(O)CO. The fourth-order valence-electron chi connectivity index (χ4n) is 0.0577. The average molecular weight is 140 g/mol. The van der Waals surface area contributed by atoms with Gasteiger partial charge in [0.25, 0.3) is 0 Å². The molecule has 52 valence electrons. The quantitative estimate of drug-likeness (QED) is 0.367. The van der Waals surface area contributed by atoms with E-state index < -0.39 is 6.10 Å². The van der Waals surface area contributed by atoms with Gasteiger partial charge < -0.3 is 15.3 Å². The second kappa shape index (κ2) is 10.3. The Kier molecular flexibility index (Phi) is 14.2. The number of hydrogen-bond acceptors (Lipinski definition) is 4. The van der Waals surface area contributed by atoms with E-state index in [1.807, 2.05) is 0 Å². The Morgan fingerprint density at radius 1 is 1.25 bits per heavy atom. The summed E-state index contributed by atoms with van der Waals surface area (Å²) in [6.07, 6.45) is 0.741. The minimum absolute atomic E-state index is 0.365. The lowest BCUT2D eigenvalue weighted by Crippen LogP contribution is -2.15. The van der Waals surface area contributed by atoms with Crippen molar-refractivity contribution < 1.29 is 15.3 Å². The van der Waals surface area contributed by atoms with E-state index in [2.05, 4.69) is 12.6 Å². The van der Waals surface area contributed by atoms with Gasteiger partial charge in [0, 0.05) is 0 Å². The van der Waals surface area contributed by atoms with Crippen molar-refractivity contribution in [1.29, 1.82) is 0 Å². The Morgan fingerprint density at radius 3 is 1.50 bits per heavy atom. The van der Waals surface area contributed by atoms with Gasteiger partial charge in [-0.3, -0.25) is 0 Å². The summed E-state index contributed by atoms with van der Waals surface area (Å²) in [5.41, 5.74) is 0. The second-order valence-electron chi connectivity index (χ2n) is 1.02. The number of aliphatic hydroxyl groups is 3. The lowest BCUT2D eigenvalue weighted by Gasteiger charge is -1.96. The number of thiol groups is 1. The molecule has 0 saturated carbocycles. The lowest BCUT2D eigenvalue weighted by molar-refractivity contribution is 0.0450. The van der Waals surface area contributed by atoms with Gasteiger partial charge in [-0.15, -0.1) is 0 Å². The molecular formula is C4H12O3S. The molecule has 0 fully saturated rings. The first kappa shape index (κ1) is 11.1. The first-order valence-electron chi connectivity index (χ1n) is 2.15. The lowest BCUT2D eigenvalue weighted by atomic mass is 10.4. The summed E-state index contributed by atoms with van der Waals surface area (Å²) in [4.78, 5) is 0. The van der Waals surface area contributed by atoms with Crippen LogP contribution in [0, 0.1) is 0 Å². The van der Waals surface area contributed by atoms with Crippen LogP contribution in [-0.4, -0.2) is 40.9 Å². The Balaban J connectivity index is 0. The minimum atomic E-state index is -0.954. The predicted octanol–water partition coefficient (Wildman–Crippen LogP) is -1.12. The number of aliphatic hydroxyl groups excluding tert-OH is 3. The van der Waals surface area contributed by atoms with E-state index in [1.54, 1.807) is 6.26 Å². The van der Waals surface area contributed by atoms with Gasteiger partial charge in [-0.25, -0.2) is 0 Å². The molecular weight excluding hydrogens is 128 g/mol. The highest BCUT2D eigenvalue weighted by atomic mass is 32.1. The van der Waals surface area contributed by atoms with Gasteiger partial charge in [-0.1, -0.05) is 0 Å². The summed E-state index contributed by atoms with van der Waals surface area (Å²) in [7, 11) is 0. The van der Waals surface area contributed by atoms with Crippen molar-refractivity contribution >= 4 is 12.6 Å². The number of hydrogen-bond donors (Lipinski definition) is 4. The molecule has 0 rings (SSSR count). The minimum Gasteiger partial charge on any atom is -0.394 e. The first-order chi connectivity index (χ1) is 3.81. The second-order valence-corrected chi connectivity index (χ2v) is 1.02. The normalized spacial score (nSPS) is 8.25. The molecule has 0 aromatic carbocycles. The van der Waals surface area contributed by atoms with Crippen LogP contribution < -0.4 is 0 Å². The van der Waals surface area contributed by atoms with Crippen molar-refractivity contribution in [3.63, 3.8) is 0 Å². The molecule has 0 saturated heterocycles. The molecule has 0 amide bonds. The van der Waals surface area contributed by atoms with E-state index in [9.17, 15) is 0 Å². The van der Waals surface area contributed by atoms with Gasteiger partial charge in [0.1, 0.15) is 6.10 Å². The monoisotopic (exact) mass is 140 g/mol. The highest BCUT2D eigenvalue weighted by molar-refractivity contribution is 7.79. The van der Waals surface area contributed by atoms with Crippen LogP contribution in [0.1, 0.15) is 0 Å². The maximum absolute atomic E-state index is 8.17. The summed E-state index contributed by atoms with van der Waals surface area (Å²) in [5.74, 6) is 0. The molecule has 0 aromatic heterocycles. The molecule has 3 nitrogen and oxygen atoms in total. The predicted molar refractivity (Wildman–Crippen MR) is 35.1 cm³/mol. The molecule has 3 N–H and O–H groups in total. The van der Waals surface area contributed by atoms with Gasteiger partial charge in [0.05, 0.1) is 13.2 Å². The molecule has 0 aromatic rings. The first-order valence-corrected chi connectivity index (χ1v) is 3.05. The van der Waals surface area contributed by atoms with Gasteiger partial charge in [-0.05, 0) is 6.26 Å². The van der Waals surface area contributed by atoms with E-state index in [1.165, 1.54) is 0 Å². The van der Waals surface area contributed by atoms with Crippen LogP contribution in [0.2, 0.25) is 0 Å². The van der Waals surface area contributed by atoms with E-state index in [0.29, 0.717) is 0 Å². The smallest absolute Gasteiger partial charge is 0.100 e. The topological polar surface area (TPSA) is 60.7 Å². The number of rotatable bonds is 2. The molecule has 8 heavy (non-hydrogen) atoms. The van der Waals surface area contributed by atoms with Crippen LogP contribution in [0.25, 0.3) is 0 Å². The van der Waals surface area contributed by atoms with Crippen molar-refractivity contribution in [2.75, 3.05) is 19.5 Å². The zero-order chi connectivity index (χ0) is 6.99. The maximum Gasteiger partial charge on any atom is 0.100 e. The van der Waals surface area contributed by atoms with Crippen molar-refractivity contribution in [3.05, 3.63) is 0 Å². The van der Waals surface area contributed by atoms with Crippen molar-refractivity contribution in [1.82, 2.24) is 0 Å². The summed E-state index contributed by atoms with van der Waals surface area (Å²) >= 11 is 3.53. The largest absolute Gasteiger partial charge is 0.394 e. The van der Waals surface area contributed by atoms with E-state index in [0.717, 1.165) is 0 Å². The van der Waals surface area contributed by atoms with Crippen LogP contribution in [0.3, 0.4) is 0 Å². The standard InChI is InChI=1S/C3H8O3.CH4S/c4-1-3(6)2-5;1-2/h3-6H,1-2H2;2H,1H3. The summed E-state index contributed by atoms with van der Waals surface area (Å²) in [5, 5.41) is 24.0. The zero-order valence-corrected chi connectivity index (χ0v) is 5.67. The van der Waals surface area contributed by atoms with E-state index in [-0.39, 0.29) is 13.2 Å².